The van der Waals surface area contributed by atoms with Gasteiger partial charge in [-0.05, 0) is 54.6 Å². The first-order chi connectivity index (χ1) is 32.2. The number of rotatable bonds is 13. The van der Waals surface area contributed by atoms with E-state index < -0.39 is 17.8 Å². The number of methoxy groups -OCH3 is 2. The fraction of sp³-hybridized carbons (Fsp3) is 0.283. The highest BCUT2D eigenvalue weighted by atomic mass is 35.5. The molecule has 0 unspecified atom stereocenters. The Bertz CT molecular complexity index is 2980. The van der Waals surface area contributed by atoms with Crippen LogP contribution < -0.4 is 9.64 Å². The molecule has 8 aromatic rings. The molecule has 3 aromatic carbocycles. The van der Waals surface area contributed by atoms with Gasteiger partial charge < -0.3 is 41.8 Å². The van der Waals surface area contributed by atoms with Crippen molar-refractivity contribution in [1.29, 1.82) is 0 Å². The van der Waals surface area contributed by atoms with Gasteiger partial charge in [-0.2, -0.15) is 4.98 Å². The summed E-state index contributed by atoms with van der Waals surface area (Å²) in [4.78, 5) is 51.2. The van der Waals surface area contributed by atoms with Gasteiger partial charge >= 0.3 is 11.9 Å². The van der Waals surface area contributed by atoms with Crippen LogP contribution in [0.1, 0.15) is 49.3 Å². The maximum Gasteiger partial charge on any atom is 0.337 e. The average Bonchev–Trinajstić information content (AvgIpc) is 4.21. The summed E-state index contributed by atoms with van der Waals surface area (Å²) >= 11 is 11.8. The number of oxazole rings is 2. The van der Waals surface area contributed by atoms with Gasteiger partial charge in [0.2, 0.25) is 5.88 Å². The normalized spacial score (nSPS) is 16.0. The predicted octanol–water partition coefficient (Wildman–Crippen LogP) is 7.31. The number of pyridine rings is 1. The zero-order valence-electron chi connectivity index (χ0n) is 35.7. The molecular weight excluding hydrogens is 896 g/mol. The predicted molar refractivity (Wildman–Crippen MR) is 239 cm³/mol. The van der Waals surface area contributed by atoms with Gasteiger partial charge in [0.25, 0.3) is 0 Å². The van der Waals surface area contributed by atoms with Crippen molar-refractivity contribution in [1.82, 2.24) is 39.0 Å². The van der Waals surface area contributed by atoms with Gasteiger partial charge in [-0.25, -0.2) is 33.9 Å². The number of anilines is 1. The minimum absolute atomic E-state index is 0.0405. The van der Waals surface area contributed by atoms with Crippen molar-refractivity contribution in [3.05, 3.63) is 149 Å². The number of benzene rings is 3. The Labute approximate surface area is 386 Å². The van der Waals surface area contributed by atoms with Gasteiger partial charge in [0.15, 0.2) is 12.8 Å². The topological polar surface area (TPSA) is 178 Å². The van der Waals surface area contributed by atoms with Gasteiger partial charge in [-0.3, -0.25) is 4.90 Å². The average molecular weight is 939 g/mol. The molecule has 0 amide bonds. The number of hydrogen-bond acceptors (Lipinski definition) is 15. The Morgan fingerprint density at radius 2 is 1.39 bits per heavy atom. The van der Waals surface area contributed by atoms with Crippen molar-refractivity contribution >= 4 is 63.0 Å². The van der Waals surface area contributed by atoms with Crippen LogP contribution in [0.25, 0.3) is 22.1 Å². The lowest BCUT2D eigenvalue weighted by atomic mass is 10.0. The van der Waals surface area contributed by atoms with E-state index in [9.17, 15) is 14.0 Å². The third-order valence-corrected chi connectivity index (χ3v) is 12.0. The summed E-state index contributed by atoms with van der Waals surface area (Å²) in [7, 11) is 2.72. The Morgan fingerprint density at radius 3 is 2.00 bits per heavy atom. The number of aromatic nitrogens is 7. The zero-order valence-corrected chi connectivity index (χ0v) is 37.2. The summed E-state index contributed by atoms with van der Waals surface area (Å²) in [5.41, 5.74) is 5.98. The van der Waals surface area contributed by atoms with Crippen molar-refractivity contribution in [2.75, 3.05) is 45.4 Å². The summed E-state index contributed by atoms with van der Waals surface area (Å²) in [6.45, 7) is 4.11. The molecule has 7 heterocycles. The first-order valence-corrected chi connectivity index (χ1v) is 21.7. The molecule has 0 radical (unpaired) electrons. The molecule has 2 fully saturated rings. The van der Waals surface area contributed by atoms with E-state index in [1.54, 1.807) is 61.1 Å². The number of esters is 2. The number of piperazine rings is 1. The van der Waals surface area contributed by atoms with Gasteiger partial charge in [-0.15, -0.1) is 11.6 Å². The molecule has 2 saturated heterocycles. The largest absolute Gasteiger partial charge is 0.473 e. The van der Waals surface area contributed by atoms with Gasteiger partial charge in [0.1, 0.15) is 42.4 Å². The van der Waals surface area contributed by atoms with E-state index in [4.69, 9.17) is 61.0 Å². The highest BCUT2D eigenvalue weighted by Gasteiger charge is 2.42. The quantitative estimate of drug-likeness (QED) is 0.0829. The van der Waals surface area contributed by atoms with E-state index >= 15 is 0 Å². The van der Waals surface area contributed by atoms with Crippen LogP contribution in [0.2, 0.25) is 5.02 Å². The van der Waals surface area contributed by atoms with Crippen LogP contribution in [0.4, 0.5) is 10.2 Å². The number of halogens is 3. The summed E-state index contributed by atoms with van der Waals surface area (Å²) in [5.74, 6) is 1.78. The third kappa shape index (κ3) is 9.44. The molecule has 2 aliphatic heterocycles. The summed E-state index contributed by atoms with van der Waals surface area (Å²) in [6.07, 6.45) is 5.94. The first kappa shape index (κ1) is 44.3. The Hall–Kier alpha value is -6.86. The van der Waals surface area contributed by atoms with E-state index in [1.165, 1.54) is 33.1 Å². The molecule has 0 spiro atoms. The van der Waals surface area contributed by atoms with Gasteiger partial charge in [-0.1, -0.05) is 23.7 Å². The maximum absolute atomic E-state index is 14.3. The van der Waals surface area contributed by atoms with Crippen LogP contribution in [-0.4, -0.2) is 103 Å². The number of alkyl halides is 1. The standard InChI is InChI=1S/C32H30ClFN6O5.C14H12ClN3O3/c1-42-32(41)20-6-8-25-26(11-20)40(13-23-16-44-19-35-23)30(36-25)14-38-9-10-39(28-18-43-17-27(28)38)29-3-2-4-31(37-29)45-15-21-5-7-22(33)12-24(21)34;1-20-14(19)9-2-3-11-12(4-9)18(13(5-15)17-11)6-10-7-21-8-16-10/h2-8,11-12,16,19,27-28H,9-10,13-15,17-18H2,1H3;2-4,7-8H,5-6H2,1H3/t27-,28+;/m1./s1. The van der Waals surface area contributed by atoms with Crippen LogP contribution in [0.3, 0.4) is 0 Å². The fourth-order valence-corrected chi connectivity index (χ4v) is 8.57. The molecule has 0 bridgehead atoms. The second-order valence-corrected chi connectivity index (χ2v) is 16.1. The van der Waals surface area contributed by atoms with Gasteiger partial charge in [0, 0.05) is 29.7 Å². The molecule has 66 heavy (non-hydrogen) atoms. The number of imidazole rings is 2. The molecule has 10 rings (SSSR count). The van der Waals surface area contributed by atoms with E-state index in [-0.39, 0.29) is 24.6 Å². The SMILES string of the molecule is COC(=O)c1ccc2nc(CCl)n(Cc3cocn3)c2c1.COC(=O)c1ccc2nc(CN3CCN(c4cccc(OCc5ccc(Cl)cc5F)n4)[C@H]4COC[C@H]43)n(Cc3cocn3)c2c1. The lowest BCUT2D eigenvalue weighted by molar-refractivity contribution is 0.0592. The molecule has 0 N–H and O–H groups in total. The van der Waals surface area contributed by atoms with E-state index in [2.05, 4.69) is 29.3 Å². The number of hydrogen-bond donors (Lipinski definition) is 0. The van der Waals surface area contributed by atoms with E-state index in [0.29, 0.717) is 72.8 Å². The van der Waals surface area contributed by atoms with Crippen molar-refractivity contribution < 1.29 is 41.8 Å². The van der Waals surface area contributed by atoms with Crippen molar-refractivity contribution in [2.45, 2.75) is 44.2 Å². The van der Waals surface area contributed by atoms with Crippen LogP contribution in [-0.2, 0) is 46.3 Å². The summed E-state index contributed by atoms with van der Waals surface area (Å²) in [6, 6.07) is 20.9. The monoisotopic (exact) mass is 937 g/mol. The van der Waals surface area contributed by atoms with Gasteiger partial charge in [0.05, 0.1) is 110 Å². The van der Waals surface area contributed by atoms with Crippen LogP contribution in [0.15, 0.2) is 107 Å². The number of nitrogens with zero attached hydrogens (tertiary/aromatic N) is 9. The van der Waals surface area contributed by atoms with Crippen molar-refractivity contribution in [2.24, 2.45) is 0 Å². The summed E-state index contributed by atoms with van der Waals surface area (Å²) < 4.78 is 50.0. The lowest BCUT2D eigenvalue weighted by Gasteiger charge is -2.44. The van der Waals surface area contributed by atoms with Crippen molar-refractivity contribution in [3.8, 4) is 5.88 Å². The lowest BCUT2D eigenvalue weighted by Crippen LogP contribution is -2.59. The van der Waals surface area contributed by atoms with Crippen LogP contribution >= 0.6 is 23.2 Å². The molecule has 2 atom stereocenters. The molecule has 5 aromatic heterocycles. The first-order valence-electron chi connectivity index (χ1n) is 20.8. The van der Waals surface area contributed by atoms with Crippen LogP contribution in [0, 0.1) is 5.82 Å². The number of carbonyl (C=O) groups is 2. The minimum Gasteiger partial charge on any atom is -0.473 e. The highest BCUT2D eigenvalue weighted by molar-refractivity contribution is 6.30. The van der Waals surface area contributed by atoms with Crippen LogP contribution in [0.5, 0.6) is 5.88 Å². The molecule has 2 aliphatic rings. The smallest absolute Gasteiger partial charge is 0.337 e. The molecule has 20 heteroatoms. The third-order valence-electron chi connectivity index (χ3n) is 11.5. The molecule has 0 saturated carbocycles. The molecule has 340 valence electrons. The Morgan fingerprint density at radius 1 is 0.758 bits per heavy atom. The second kappa shape index (κ2) is 19.7. The zero-order chi connectivity index (χ0) is 45.7. The fourth-order valence-electron chi connectivity index (χ4n) is 8.21. The van der Waals surface area contributed by atoms with E-state index in [0.717, 1.165) is 51.6 Å². The Balaban J connectivity index is 0.000000218. The number of carbonyl (C=O) groups excluding carboxylic acids is 2. The summed E-state index contributed by atoms with van der Waals surface area (Å²) in [5, 5.41) is 0.337. The molecule has 0 aliphatic carbocycles. The number of fused-ring (bicyclic) bond motifs is 3. The van der Waals surface area contributed by atoms with E-state index in [1.807, 2.05) is 22.8 Å². The molecular formula is C46H42Cl2FN9O8. The molecule has 17 nitrogen and oxygen atoms in total. The minimum atomic E-state index is -0.417. The second-order valence-electron chi connectivity index (χ2n) is 15.4. The highest BCUT2D eigenvalue weighted by Crippen LogP contribution is 2.31. The van der Waals surface area contributed by atoms with Crippen molar-refractivity contribution in [3.63, 3.8) is 0 Å². The maximum atomic E-state index is 14.3. The number of ether oxygens (including phenoxy) is 4. The Kier molecular flexibility index (Phi) is 13.2.